The molecule has 1 amide bonds. The Bertz CT molecular complexity index is 1030. The van der Waals surface area contributed by atoms with Crippen LogP contribution in [0.2, 0.25) is 0 Å². The highest BCUT2D eigenvalue weighted by atomic mass is 16.5. The molecule has 3 heterocycles. The van der Waals surface area contributed by atoms with E-state index in [0.29, 0.717) is 24.0 Å². The van der Waals surface area contributed by atoms with Gasteiger partial charge in [-0.1, -0.05) is 23.3 Å². The lowest BCUT2D eigenvalue weighted by molar-refractivity contribution is -0.133. The van der Waals surface area contributed by atoms with E-state index in [1.807, 2.05) is 30.0 Å². The molecule has 2 fully saturated rings. The molecule has 1 aliphatic heterocycles. The van der Waals surface area contributed by atoms with E-state index in [9.17, 15) is 4.79 Å². The monoisotopic (exact) mass is 380 g/mol. The molecule has 2 aromatic heterocycles. The largest absolute Gasteiger partial charge is 0.356 e. The number of aromatic nitrogens is 3. The molecule has 3 aromatic rings. The first-order chi connectivity index (χ1) is 13.5. The Hall–Kier alpha value is -2.70. The Balaban J connectivity index is 1.25. The second kappa shape index (κ2) is 6.43. The molecule has 1 saturated heterocycles. The van der Waals surface area contributed by atoms with E-state index in [0.717, 1.165) is 48.2 Å². The number of fused-ring (bicyclic) bond motifs is 1. The van der Waals surface area contributed by atoms with Crippen molar-refractivity contribution in [3.05, 3.63) is 29.8 Å². The summed E-state index contributed by atoms with van der Waals surface area (Å²) in [7, 11) is 0. The number of hydrogen-bond donors (Lipinski definition) is 0. The van der Waals surface area contributed by atoms with Crippen LogP contribution in [0.15, 0.2) is 27.2 Å². The average Bonchev–Trinajstić information content (AvgIpc) is 3.10. The van der Waals surface area contributed by atoms with Crippen molar-refractivity contribution in [2.75, 3.05) is 13.1 Å². The van der Waals surface area contributed by atoms with Gasteiger partial charge in [-0.2, -0.15) is 4.98 Å². The van der Waals surface area contributed by atoms with Crippen LogP contribution in [0.1, 0.15) is 56.5 Å². The highest BCUT2D eigenvalue weighted by molar-refractivity contribution is 5.83. The van der Waals surface area contributed by atoms with Gasteiger partial charge in [-0.05, 0) is 50.2 Å². The van der Waals surface area contributed by atoms with E-state index in [4.69, 9.17) is 9.05 Å². The predicted octanol–water partition coefficient (Wildman–Crippen LogP) is 4.08. The number of carbonyl (C=O) groups is 1. The molecule has 146 valence electrons. The maximum Gasteiger partial charge on any atom is 0.230 e. The minimum atomic E-state index is 0.207. The van der Waals surface area contributed by atoms with Gasteiger partial charge in [-0.15, -0.1) is 0 Å². The van der Waals surface area contributed by atoms with E-state index in [1.165, 1.54) is 12.8 Å². The molecule has 7 nitrogen and oxygen atoms in total. The van der Waals surface area contributed by atoms with Crippen molar-refractivity contribution in [1.29, 1.82) is 0 Å². The minimum absolute atomic E-state index is 0.207. The smallest absolute Gasteiger partial charge is 0.230 e. The van der Waals surface area contributed by atoms with Gasteiger partial charge in [0.15, 0.2) is 5.58 Å². The standard InChI is InChI=1S/C21H24N4O3/c1-13-16-4-3-15(11-17(16)27-23-13)19-22-20(28-24-19)14-5-9-25(10-6-14)18(26)12-21(2)7-8-21/h3-4,11,14H,5-10,12H2,1-2H3. The summed E-state index contributed by atoms with van der Waals surface area (Å²) >= 11 is 0. The molecule has 1 aliphatic carbocycles. The van der Waals surface area contributed by atoms with Gasteiger partial charge in [-0.3, -0.25) is 4.79 Å². The van der Waals surface area contributed by atoms with Crippen LogP contribution in [-0.4, -0.2) is 39.2 Å². The lowest BCUT2D eigenvalue weighted by Crippen LogP contribution is -2.38. The summed E-state index contributed by atoms with van der Waals surface area (Å²) in [6.45, 7) is 5.65. The molecule has 5 rings (SSSR count). The number of aryl methyl sites for hydroxylation is 1. The van der Waals surface area contributed by atoms with Crippen molar-refractivity contribution in [3.63, 3.8) is 0 Å². The van der Waals surface area contributed by atoms with Crippen molar-refractivity contribution in [1.82, 2.24) is 20.2 Å². The number of nitrogens with zero attached hydrogens (tertiary/aromatic N) is 4. The van der Waals surface area contributed by atoms with E-state index >= 15 is 0 Å². The van der Waals surface area contributed by atoms with Crippen molar-refractivity contribution in [2.24, 2.45) is 5.41 Å². The Labute approximate surface area is 163 Å². The second-order valence-electron chi connectivity index (χ2n) is 8.58. The van der Waals surface area contributed by atoms with Crippen molar-refractivity contribution in [3.8, 4) is 11.4 Å². The second-order valence-corrected chi connectivity index (χ2v) is 8.58. The molecule has 0 atom stereocenters. The fourth-order valence-corrected chi connectivity index (χ4v) is 3.96. The van der Waals surface area contributed by atoms with Crippen LogP contribution in [0.3, 0.4) is 0 Å². The van der Waals surface area contributed by atoms with Crippen molar-refractivity contribution < 1.29 is 13.8 Å². The zero-order valence-electron chi connectivity index (χ0n) is 16.3. The molecule has 0 radical (unpaired) electrons. The Morgan fingerprint density at radius 2 is 2.00 bits per heavy atom. The first-order valence-corrected chi connectivity index (χ1v) is 9.99. The third kappa shape index (κ3) is 3.19. The molecule has 2 aliphatic rings. The highest BCUT2D eigenvalue weighted by Gasteiger charge is 2.40. The number of benzene rings is 1. The predicted molar refractivity (Wildman–Crippen MR) is 103 cm³/mol. The third-order valence-corrected chi connectivity index (χ3v) is 6.23. The van der Waals surface area contributed by atoms with E-state index in [2.05, 4.69) is 22.2 Å². The summed E-state index contributed by atoms with van der Waals surface area (Å²) in [6.07, 6.45) is 4.78. The Morgan fingerprint density at radius 3 is 2.75 bits per heavy atom. The van der Waals surface area contributed by atoms with Gasteiger partial charge in [0.1, 0.15) is 0 Å². The van der Waals surface area contributed by atoms with Crippen molar-refractivity contribution in [2.45, 2.75) is 51.9 Å². The summed E-state index contributed by atoms with van der Waals surface area (Å²) < 4.78 is 10.9. The first-order valence-electron chi connectivity index (χ1n) is 9.99. The number of likely N-dealkylation sites (tertiary alicyclic amines) is 1. The number of amides is 1. The summed E-state index contributed by atoms with van der Waals surface area (Å²) in [6, 6.07) is 5.82. The van der Waals surface area contributed by atoms with Crippen LogP contribution in [0.5, 0.6) is 0 Å². The topological polar surface area (TPSA) is 85.3 Å². The van der Waals surface area contributed by atoms with Gasteiger partial charge < -0.3 is 13.9 Å². The molecule has 0 unspecified atom stereocenters. The van der Waals surface area contributed by atoms with Crippen molar-refractivity contribution >= 4 is 16.9 Å². The number of hydrogen-bond acceptors (Lipinski definition) is 6. The zero-order chi connectivity index (χ0) is 19.3. The summed E-state index contributed by atoms with van der Waals surface area (Å²) in [5, 5.41) is 9.13. The normalized spacial score (nSPS) is 19.3. The van der Waals surface area contributed by atoms with E-state index < -0.39 is 0 Å². The van der Waals surface area contributed by atoms with Crippen LogP contribution in [0.25, 0.3) is 22.4 Å². The fourth-order valence-electron chi connectivity index (χ4n) is 3.96. The zero-order valence-corrected chi connectivity index (χ0v) is 16.3. The quantitative estimate of drug-likeness (QED) is 0.678. The first kappa shape index (κ1) is 17.4. The van der Waals surface area contributed by atoms with Crippen LogP contribution in [0, 0.1) is 12.3 Å². The lowest BCUT2D eigenvalue weighted by atomic mass is 9.95. The summed E-state index contributed by atoms with van der Waals surface area (Å²) in [5.74, 6) is 1.72. The molecule has 0 N–H and O–H groups in total. The Morgan fingerprint density at radius 1 is 1.21 bits per heavy atom. The molecule has 0 bridgehead atoms. The van der Waals surface area contributed by atoms with E-state index in [1.54, 1.807) is 0 Å². The molecule has 7 heteroatoms. The van der Waals surface area contributed by atoms with Gasteiger partial charge in [0.25, 0.3) is 0 Å². The van der Waals surface area contributed by atoms with E-state index in [-0.39, 0.29) is 11.3 Å². The highest BCUT2D eigenvalue weighted by Crippen LogP contribution is 2.48. The number of carbonyl (C=O) groups excluding carboxylic acids is 1. The summed E-state index contributed by atoms with van der Waals surface area (Å²) in [5.41, 5.74) is 2.70. The summed E-state index contributed by atoms with van der Waals surface area (Å²) in [4.78, 5) is 19.1. The maximum atomic E-state index is 12.5. The van der Waals surface area contributed by atoms with Crippen LogP contribution in [0.4, 0.5) is 0 Å². The van der Waals surface area contributed by atoms with Gasteiger partial charge in [0, 0.05) is 36.4 Å². The lowest BCUT2D eigenvalue weighted by Gasteiger charge is -2.31. The third-order valence-electron chi connectivity index (χ3n) is 6.23. The Kier molecular flexibility index (Phi) is 4.00. The fraction of sp³-hybridized carbons (Fsp3) is 0.524. The molecule has 0 spiro atoms. The molecule has 1 saturated carbocycles. The molecule has 1 aromatic carbocycles. The van der Waals surface area contributed by atoms with Gasteiger partial charge in [0.05, 0.1) is 5.69 Å². The van der Waals surface area contributed by atoms with Crippen LogP contribution >= 0.6 is 0 Å². The van der Waals surface area contributed by atoms with Crippen LogP contribution in [-0.2, 0) is 4.79 Å². The maximum absolute atomic E-state index is 12.5. The minimum Gasteiger partial charge on any atom is -0.356 e. The molecular formula is C21H24N4O3. The number of piperidine rings is 1. The average molecular weight is 380 g/mol. The van der Waals surface area contributed by atoms with Gasteiger partial charge in [0.2, 0.25) is 17.6 Å². The molecule has 28 heavy (non-hydrogen) atoms. The number of rotatable bonds is 4. The SMILES string of the molecule is Cc1noc2cc(-c3noc(C4CCN(C(=O)CC5(C)CC5)CC4)n3)ccc12. The van der Waals surface area contributed by atoms with Gasteiger partial charge in [-0.25, -0.2) is 0 Å². The van der Waals surface area contributed by atoms with Gasteiger partial charge >= 0.3 is 0 Å². The molecular weight excluding hydrogens is 356 g/mol. The van der Waals surface area contributed by atoms with Crippen LogP contribution < -0.4 is 0 Å².